The van der Waals surface area contributed by atoms with Crippen molar-refractivity contribution in [3.8, 4) is 43.5 Å². The molecule has 1 aliphatic carbocycles. The van der Waals surface area contributed by atoms with Gasteiger partial charge < -0.3 is 9.47 Å². The molecule has 0 spiro atoms. The summed E-state index contributed by atoms with van der Waals surface area (Å²) in [5, 5.41) is 0. The van der Waals surface area contributed by atoms with Crippen LogP contribution in [0.1, 0.15) is 11.1 Å². The molecule has 0 N–H and O–H groups in total. The Kier molecular flexibility index (Phi) is 4.97. The summed E-state index contributed by atoms with van der Waals surface area (Å²) in [4.78, 5) is 2.65. The zero-order valence-corrected chi connectivity index (χ0v) is 18.0. The fourth-order valence-electron chi connectivity index (χ4n) is 4.15. The van der Waals surface area contributed by atoms with E-state index in [1.807, 2.05) is 35.6 Å². The highest BCUT2D eigenvalue weighted by Gasteiger charge is 2.30. The smallest absolute Gasteiger partial charge is 0.242 e. The molecule has 0 amide bonds. The Morgan fingerprint density at radius 3 is 1.97 bits per heavy atom. The van der Waals surface area contributed by atoms with E-state index in [4.69, 9.17) is 9.47 Å². The van der Waals surface area contributed by atoms with Gasteiger partial charge >= 0.3 is 0 Å². The first-order valence-corrected chi connectivity index (χ1v) is 11.0. The lowest BCUT2D eigenvalue weighted by molar-refractivity contribution is 0.415. The molecule has 3 heteroatoms. The third kappa shape index (κ3) is 3.35. The Balaban J connectivity index is 1.72. The van der Waals surface area contributed by atoms with Crippen molar-refractivity contribution in [1.29, 1.82) is 0 Å². The lowest BCUT2D eigenvalue weighted by atomic mass is 9.87. The van der Waals surface area contributed by atoms with E-state index in [-0.39, 0.29) is 0 Å². The van der Waals surface area contributed by atoms with Crippen LogP contribution in [-0.2, 0) is 12.8 Å². The van der Waals surface area contributed by atoms with E-state index in [9.17, 15) is 0 Å². The van der Waals surface area contributed by atoms with Crippen molar-refractivity contribution in [2.24, 2.45) is 0 Å². The van der Waals surface area contributed by atoms with Gasteiger partial charge in [0.05, 0.1) is 14.2 Å². The van der Waals surface area contributed by atoms with Gasteiger partial charge in [-0.3, -0.25) is 0 Å². The first kappa shape index (κ1) is 18.8. The van der Waals surface area contributed by atoms with Crippen LogP contribution in [0.3, 0.4) is 0 Å². The van der Waals surface area contributed by atoms with Crippen molar-refractivity contribution in [1.82, 2.24) is 0 Å². The van der Waals surface area contributed by atoms with Gasteiger partial charge in [0.15, 0.2) is 0 Å². The number of fused-ring (bicyclic) bond motifs is 3. The predicted molar refractivity (Wildman–Crippen MR) is 126 cm³/mol. The molecule has 148 valence electrons. The molecule has 3 aromatic carbocycles. The van der Waals surface area contributed by atoms with Gasteiger partial charge in [-0.05, 0) is 72.0 Å². The molecule has 0 unspecified atom stereocenters. The van der Waals surface area contributed by atoms with Crippen LogP contribution in [0.5, 0.6) is 11.5 Å². The molecule has 0 saturated heterocycles. The average Bonchev–Trinajstić information content (AvgIpc) is 2.83. The summed E-state index contributed by atoms with van der Waals surface area (Å²) < 4.78 is 10.7. The monoisotopic (exact) mass is 411 g/mol. The number of benzene rings is 3. The van der Waals surface area contributed by atoms with Gasteiger partial charge in [0.1, 0.15) is 11.5 Å². The summed E-state index contributed by atoms with van der Waals surface area (Å²) in [6.45, 7) is 0. The topological polar surface area (TPSA) is 18.5 Å². The summed E-state index contributed by atoms with van der Waals surface area (Å²) in [7, 11) is 3.41. The van der Waals surface area contributed by atoms with Gasteiger partial charge in [0.25, 0.3) is 0 Å². The van der Waals surface area contributed by atoms with Crippen LogP contribution in [0, 0.1) is 0 Å². The quantitative estimate of drug-likeness (QED) is 0.332. The number of aryl methyl sites for hydroxylation is 1. The number of methoxy groups -OCH3 is 2. The van der Waals surface area contributed by atoms with Crippen molar-refractivity contribution in [3.63, 3.8) is 0 Å². The Labute approximate surface area is 181 Å². The SMILES string of the molecule is COc1ccc(-c2cc(-c3ccc(OC)cc3)c3c([s+]2)-c2ccccc2CC3)cc1. The number of rotatable bonds is 4. The molecule has 0 saturated carbocycles. The summed E-state index contributed by atoms with van der Waals surface area (Å²) in [5.74, 6) is 1.76. The molecule has 1 heterocycles. The van der Waals surface area contributed by atoms with E-state index in [0.29, 0.717) is 0 Å². The standard InChI is InChI=1S/C27H23O2S/c1-28-21-12-7-19(8-13-21)25-17-26(20-9-14-22(29-2)15-10-20)30-27-23-6-4-3-5-18(23)11-16-24(25)27/h3-10,12-15,17H,11,16H2,1-2H3/q+1. The zero-order valence-electron chi connectivity index (χ0n) is 17.1. The molecule has 0 bridgehead atoms. The third-order valence-electron chi connectivity index (χ3n) is 5.77. The largest absolute Gasteiger partial charge is 0.497 e. The minimum absolute atomic E-state index is 0.877. The van der Waals surface area contributed by atoms with Crippen molar-refractivity contribution < 1.29 is 9.47 Å². The summed E-state index contributed by atoms with van der Waals surface area (Å²) in [6, 6.07) is 27.9. The predicted octanol–water partition coefficient (Wildman–Crippen LogP) is 7.15. The van der Waals surface area contributed by atoms with E-state index < -0.39 is 0 Å². The van der Waals surface area contributed by atoms with Gasteiger partial charge in [0.2, 0.25) is 21.1 Å². The second kappa shape index (κ2) is 7.92. The zero-order chi connectivity index (χ0) is 20.5. The molecule has 1 aromatic heterocycles. The third-order valence-corrected chi connectivity index (χ3v) is 7.01. The lowest BCUT2D eigenvalue weighted by Crippen LogP contribution is -2.05. The Hall–Kier alpha value is -3.17. The first-order valence-electron chi connectivity index (χ1n) is 10.1. The molecular formula is C27H23O2S+. The molecule has 0 atom stereocenters. The normalized spacial score (nSPS) is 12.1. The van der Waals surface area contributed by atoms with Crippen LogP contribution in [0.25, 0.3) is 32.0 Å². The van der Waals surface area contributed by atoms with E-state index in [1.165, 1.54) is 43.1 Å². The highest BCUT2D eigenvalue weighted by atomic mass is 32.1. The maximum atomic E-state index is 5.37. The van der Waals surface area contributed by atoms with Crippen LogP contribution in [0.15, 0.2) is 78.9 Å². The van der Waals surface area contributed by atoms with Crippen molar-refractivity contribution >= 4 is 11.3 Å². The van der Waals surface area contributed by atoms with Crippen molar-refractivity contribution in [2.45, 2.75) is 12.8 Å². The number of hydrogen-bond acceptors (Lipinski definition) is 2. The van der Waals surface area contributed by atoms with Crippen LogP contribution in [-0.4, -0.2) is 14.2 Å². The molecule has 4 aromatic rings. The van der Waals surface area contributed by atoms with Gasteiger partial charge in [-0.2, -0.15) is 0 Å². The molecule has 2 nitrogen and oxygen atoms in total. The summed E-state index contributed by atoms with van der Waals surface area (Å²) in [5.41, 5.74) is 8.01. The fraction of sp³-hybridized carbons (Fsp3) is 0.148. The molecule has 1 aliphatic rings. The lowest BCUT2D eigenvalue weighted by Gasteiger charge is -2.17. The molecule has 0 radical (unpaired) electrons. The highest BCUT2D eigenvalue weighted by molar-refractivity contribution is 7.18. The molecule has 0 fully saturated rings. The Bertz CT molecular complexity index is 1190. The van der Waals surface area contributed by atoms with Crippen molar-refractivity contribution in [3.05, 3.63) is 90.0 Å². The van der Waals surface area contributed by atoms with E-state index in [0.717, 1.165) is 24.3 Å². The van der Waals surface area contributed by atoms with E-state index in [2.05, 4.69) is 54.6 Å². The molecule has 30 heavy (non-hydrogen) atoms. The second-order valence-electron chi connectivity index (χ2n) is 7.45. The van der Waals surface area contributed by atoms with Crippen LogP contribution < -0.4 is 9.47 Å². The number of ether oxygens (including phenoxy) is 2. The average molecular weight is 412 g/mol. The molecule has 0 aliphatic heterocycles. The Morgan fingerprint density at radius 1 is 0.667 bits per heavy atom. The number of hydrogen-bond donors (Lipinski definition) is 0. The second-order valence-corrected chi connectivity index (χ2v) is 8.50. The molecular weight excluding hydrogens is 388 g/mol. The highest BCUT2D eigenvalue weighted by Crippen LogP contribution is 2.45. The van der Waals surface area contributed by atoms with Gasteiger partial charge in [-0.25, -0.2) is 0 Å². The minimum atomic E-state index is 0.877. The van der Waals surface area contributed by atoms with E-state index in [1.54, 1.807) is 14.2 Å². The summed E-state index contributed by atoms with van der Waals surface area (Å²) >= 11 is 1.89. The van der Waals surface area contributed by atoms with Crippen LogP contribution in [0.4, 0.5) is 0 Å². The fourth-order valence-corrected chi connectivity index (χ4v) is 5.45. The van der Waals surface area contributed by atoms with Crippen LogP contribution >= 0.6 is 11.3 Å². The van der Waals surface area contributed by atoms with Gasteiger partial charge in [0, 0.05) is 22.8 Å². The first-order chi connectivity index (χ1) is 14.8. The van der Waals surface area contributed by atoms with Gasteiger partial charge in [-0.15, -0.1) is 0 Å². The van der Waals surface area contributed by atoms with E-state index >= 15 is 0 Å². The van der Waals surface area contributed by atoms with Crippen molar-refractivity contribution in [2.75, 3.05) is 14.2 Å². The van der Waals surface area contributed by atoms with Crippen LogP contribution in [0.2, 0.25) is 0 Å². The Morgan fingerprint density at radius 2 is 1.30 bits per heavy atom. The minimum Gasteiger partial charge on any atom is -0.497 e. The maximum Gasteiger partial charge on any atom is 0.242 e. The maximum absolute atomic E-state index is 5.37. The van der Waals surface area contributed by atoms with Gasteiger partial charge in [-0.1, -0.05) is 30.3 Å². The molecule has 5 rings (SSSR count). The summed E-state index contributed by atoms with van der Waals surface area (Å²) in [6.07, 6.45) is 2.15.